The van der Waals surface area contributed by atoms with Crippen LogP contribution in [0.2, 0.25) is 0 Å². The highest BCUT2D eigenvalue weighted by Crippen LogP contribution is 2.30. The molecule has 4 rings (SSSR count). The monoisotopic (exact) mass is 452 g/mol. The molecule has 0 saturated carbocycles. The third-order valence-corrected chi connectivity index (χ3v) is 6.45. The summed E-state index contributed by atoms with van der Waals surface area (Å²) in [7, 11) is 0. The lowest BCUT2D eigenvalue weighted by Crippen LogP contribution is -2.33. The van der Waals surface area contributed by atoms with E-state index in [1.54, 1.807) is 17.5 Å². The first-order chi connectivity index (χ1) is 15.2. The number of rotatable bonds is 7. The Morgan fingerprint density at radius 2 is 1.84 bits per heavy atom. The smallest absolute Gasteiger partial charge is 0.407 e. The van der Waals surface area contributed by atoms with Gasteiger partial charge >= 0.3 is 6.09 Å². The van der Waals surface area contributed by atoms with Crippen LogP contribution in [0.3, 0.4) is 0 Å². The number of thiophene rings is 1. The van der Waals surface area contributed by atoms with Crippen LogP contribution >= 0.6 is 11.3 Å². The van der Waals surface area contributed by atoms with E-state index in [9.17, 15) is 15.0 Å². The summed E-state index contributed by atoms with van der Waals surface area (Å²) in [5.74, 6) is 0.699. The van der Waals surface area contributed by atoms with E-state index >= 15 is 0 Å². The summed E-state index contributed by atoms with van der Waals surface area (Å²) in [5, 5.41) is 21.2. The fourth-order valence-corrected chi connectivity index (χ4v) is 4.57. The number of hydrogen-bond acceptors (Lipinski definition) is 5. The molecule has 0 aliphatic carbocycles. The van der Waals surface area contributed by atoms with Crippen LogP contribution in [0.25, 0.3) is 21.3 Å². The Hall–Kier alpha value is -2.97. The Kier molecular flexibility index (Phi) is 6.17. The van der Waals surface area contributed by atoms with Gasteiger partial charge in [-0.15, -0.1) is 11.3 Å². The van der Waals surface area contributed by atoms with Gasteiger partial charge in [-0.2, -0.15) is 0 Å². The van der Waals surface area contributed by atoms with Crippen LogP contribution in [-0.2, 0) is 19.7 Å². The highest BCUT2D eigenvalue weighted by Gasteiger charge is 2.22. The van der Waals surface area contributed by atoms with Crippen LogP contribution in [0, 0.1) is 5.41 Å². The Morgan fingerprint density at radius 3 is 2.50 bits per heavy atom. The largest absolute Gasteiger partial charge is 0.465 e. The molecule has 8 heteroatoms. The van der Waals surface area contributed by atoms with Crippen molar-refractivity contribution in [2.24, 2.45) is 5.41 Å². The summed E-state index contributed by atoms with van der Waals surface area (Å²) in [6.07, 6.45) is 1.58. The van der Waals surface area contributed by atoms with Gasteiger partial charge in [0.25, 0.3) is 0 Å². The minimum absolute atomic E-state index is 0.00235. The molecule has 4 aromatic rings. The van der Waals surface area contributed by atoms with Gasteiger partial charge in [-0.1, -0.05) is 45.0 Å². The van der Waals surface area contributed by atoms with E-state index in [-0.39, 0.29) is 18.6 Å². The molecule has 0 aliphatic rings. The number of aliphatic hydroxyl groups excluding tert-OH is 1. The van der Waals surface area contributed by atoms with Crippen molar-refractivity contribution in [3.8, 4) is 0 Å². The molecule has 0 unspecified atom stereocenters. The molecule has 7 nitrogen and oxygen atoms in total. The van der Waals surface area contributed by atoms with E-state index in [1.165, 1.54) is 4.90 Å². The summed E-state index contributed by atoms with van der Waals surface area (Å²) >= 11 is 1.61. The maximum Gasteiger partial charge on any atom is 0.407 e. The quantitative estimate of drug-likeness (QED) is 0.407. The van der Waals surface area contributed by atoms with Crippen molar-refractivity contribution in [3.05, 3.63) is 58.9 Å². The number of fused-ring (bicyclic) bond motifs is 3. The second-order valence-electron chi connectivity index (χ2n) is 9.23. The van der Waals surface area contributed by atoms with Crippen molar-refractivity contribution in [3.63, 3.8) is 0 Å². The van der Waals surface area contributed by atoms with Crippen LogP contribution in [-0.4, -0.2) is 42.3 Å². The molecule has 0 atom stereocenters. The number of pyridine rings is 1. The number of amides is 1. The van der Waals surface area contributed by atoms with Gasteiger partial charge in [-0.3, -0.25) is 4.98 Å². The Balaban J connectivity index is 1.76. The fourth-order valence-electron chi connectivity index (χ4n) is 3.67. The summed E-state index contributed by atoms with van der Waals surface area (Å²) in [6.45, 7) is 7.54. The number of carboxylic acid groups (broad SMARTS) is 1. The molecule has 1 aromatic carbocycles. The van der Waals surface area contributed by atoms with E-state index < -0.39 is 6.09 Å². The van der Waals surface area contributed by atoms with E-state index in [4.69, 9.17) is 4.98 Å². The van der Waals surface area contributed by atoms with Crippen molar-refractivity contribution in [2.75, 3.05) is 6.54 Å². The van der Waals surface area contributed by atoms with Gasteiger partial charge in [0.1, 0.15) is 11.3 Å². The average Bonchev–Trinajstić information content (AvgIpc) is 3.35. The number of imidazole rings is 1. The number of hydrogen-bond donors (Lipinski definition) is 2. The van der Waals surface area contributed by atoms with Crippen LogP contribution in [0.15, 0.2) is 41.9 Å². The molecule has 2 N–H and O–H groups in total. The molecule has 0 radical (unpaired) electrons. The van der Waals surface area contributed by atoms with Crippen molar-refractivity contribution in [1.82, 2.24) is 19.4 Å². The normalized spacial score (nSPS) is 12.0. The topological polar surface area (TPSA) is 91.5 Å². The number of aromatic nitrogens is 3. The standard InChI is InChI=1S/C24H28N4O3S/c1-24(2,3)9-10-27(23(30)31)14-20-26-19-12-25-18-8-11-32-22(18)21(19)28(20)13-16-4-6-17(15-29)7-5-16/h4-8,11-12,29H,9-10,13-15H2,1-3H3,(H,30,31). The molecule has 1 amide bonds. The van der Waals surface area contributed by atoms with Crippen molar-refractivity contribution < 1.29 is 15.0 Å². The van der Waals surface area contributed by atoms with E-state index in [1.807, 2.05) is 35.7 Å². The lowest BCUT2D eigenvalue weighted by atomic mass is 9.92. The van der Waals surface area contributed by atoms with Crippen molar-refractivity contribution in [1.29, 1.82) is 0 Å². The Morgan fingerprint density at radius 1 is 1.12 bits per heavy atom. The van der Waals surface area contributed by atoms with E-state index in [2.05, 4.69) is 30.3 Å². The second-order valence-corrected chi connectivity index (χ2v) is 10.1. The fraction of sp³-hybridized carbons (Fsp3) is 0.375. The predicted octanol–water partition coefficient (Wildman–Crippen LogP) is 5.10. The number of benzene rings is 1. The first kappa shape index (κ1) is 22.2. The molecule has 0 spiro atoms. The van der Waals surface area contributed by atoms with Gasteiger partial charge in [0.05, 0.1) is 35.1 Å². The third kappa shape index (κ3) is 4.76. The van der Waals surface area contributed by atoms with Gasteiger partial charge in [0.2, 0.25) is 0 Å². The van der Waals surface area contributed by atoms with E-state index in [0.717, 1.165) is 38.8 Å². The van der Waals surface area contributed by atoms with Gasteiger partial charge in [-0.25, -0.2) is 9.78 Å². The van der Waals surface area contributed by atoms with Crippen LogP contribution in [0.4, 0.5) is 4.79 Å². The maximum atomic E-state index is 12.0. The number of carbonyl (C=O) groups is 1. The number of nitrogens with zero attached hydrogens (tertiary/aromatic N) is 4. The summed E-state index contributed by atoms with van der Waals surface area (Å²) in [4.78, 5) is 22.8. The van der Waals surface area contributed by atoms with Gasteiger partial charge < -0.3 is 19.7 Å². The lowest BCUT2D eigenvalue weighted by Gasteiger charge is -2.25. The Bertz CT molecular complexity index is 1240. The molecule has 32 heavy (non-hydrogen) atoms. The second kappa shape index (κ2) is 8.88. The van der Waals surface area contributed by atoms with Crippen molar-refractivity contribution in [2.45, 2.75) is 46.9 Å². The summed E-state index contributed by atoms with van der Waals surface area (Å²) in [6, 6.07) is 9.77. The summed E-state index contributed by atoms with van der Waals surface area (Å²) in [5.41, 5.74) is 4.61. The van der Waals surface area contributed by atoms with Gasteiger partial charge in [0, 0.05) is 13.1 Å². The molecule has 168 valence electrons. The molecule has 0 aliphatic heterocycles. The average molecular weight is 453 g/mol. The SMILES string of the molecule is CC(C)(C)CCN(Cc1nc2cnc3ccsc3c2n1Cc1ccc(CO)cc1)C(=O)O. The molecule has 3 aromatic heterocycles. The van der Waals surface area contributed by atoms with Gasteiger partial charge in [-0.05, 0) is 34.4 Å². The lowest BCUT2D eigenvalue weighted by molar-refractivity contribution is 0.133. The zero-order valence-electron chi connectivity index (χ0n) is 18.6. The zero-order chi connectivity index (χ0) is 22.9. The van der Waals surface area contributed by atoms with Gasteiger partial charge in [0.15, 0.2) is 0 Å². The molecule has 0 saturated heterocycles. The number of aliphatic hydroxyl groups is 1. The minimum atomic E-state index is -0.945. The predicted molar refractivity (Wildman–Crippen MR) is 127 cm³/mol. The third-order valence-electron chi connectivity index (χ3n) is 5.54. The first-order valence-corrected chi connectivity index (χ1v) is 11.5. The molecule has 0 fully saturated rings. The minimum Gasteiger partial charge on any atom is -0.465 e. The highest BCUT2D eigenvalue weighted by molar-refractivity contribution is 7.18. The van der Waals surface area contributed by atoms with Crippen molar-refractivity contribution >= 4 is 38.7 Å². The zero-order valence-corrected chi connectivity index (χ0v) is 19.4. The van der Waals surface area contributed by atoms with E-state index in [0.29, 0.717) is 18.9 Å². The van der Waals surface area contributed by atoms with Crippen LogP contribution in [0.5, 0.6) is 0 Å². The Labute approximate surface area is 191 Å². The molecule has 0 bridgehead atoms. The first-order valence-electron chi connectivity index (χ1n) is 10.6. The van der Waals surface area contributed by atoms with Crippen LogP contribution < -0.4 is 0 Å². The summed E-state index contributed by atoms with van der Waals surface area (Å²) < 4.78 is 3.15. The maximum absolute atomic E-state index is 12.0. The highest BCUT2D eigenvalue weighted by atomic mass is 32.1. The molecular weight excluding hydrogens is 424 g/mol. The molecule has 3 heterocycles. The van der Waals surface area contributed by atoms with Crippen LogP contribution in [0.1, 0.15) is 44.1 Å². The molecular formula is C24H28N4O3S.